The van der Waals surface area contributed by atoms with E-state index in [1.807, 2.05) is 0 Å². The zero-order valence-electron chi connectivity index (χ0n) is 11.1. The number of rotatable bonds is 4. The van der Waals surface area contributed by atoms with E-state index in [-0.39, 0.29) is 36.6 Å². The van der Waals surface area contributed by atoms with Gasteiger partial charge in [0.2, 0.25) is 5.91 Å². The maximum Gasteiger partial charge on any atom is 0.224 e. The fraction of sp³-hybridized carbons (Fsp3) is 0.500. The summed E-state index contributed by atoms with van der Waals surface area (Å²) in [4.78, 5) is 12.0. The van der Waals surface area contributed by atoms with Gasteiger partial charge in [0.25, 0.3) is 0 Å². The van der Waals surface area contributed by atoms with Crippen molar-refractivity contribution in [1.82, 2.24) is 5.32 Å². The van der Waals surface area contributed by atoms with E-state index in [1.54, 1.807) is 12.1 Å². The zero-order valence-corrected chi connectivity index (χ0v) is 13.5. The van der Waals surface area contributed by atoms with Crippen molar-refractivity contribution in [1.29, 1.82) is 0 Å². The molecule has 6 heteroatoms. The Morgan fingerprint density at radius 3 is 2.85 bits per heavy atom. The van der Waals surface area contributed by atoms with Gasteiger partial charge in [0.15, 0.2) is 0 Å². The van der Waals surface area contributed by atoms with Gasteiger partial charge in [0.05, 0.1) is 10.9 Å². The van der Waals surface area contributed by atoms with Crippen LogP contribution in [-0.4, -0.2) is 18.5 Å². The van der Waals surface area contributed by atoms with Gasteiger partial charge in [-0.1, -0.05) is 12.5 Å². The summed E-state index contributed by atoms with van der Waals surface area (Å²) in [5, 5.41) is 3.03. The predicted molar refractivity (Wildman–Crippen MR) is 83.4 cm³/mol. The molecule has 2 atom stereocenters. The van der Waals surface area contributed by atoms with Gasteiger partial charge in [0.1, 0.15) is 5.82 Å². The monoisotopic (exact) mass is 364 g/mol. The van der Waals surface area contributed by atoms with Crippen LogP contribution >= 0.6 is 28.3 Å². The van der Waals surface area contributed by atoms with E-state index < -0.39 is 0 Å². The summed E-state index contributed by atoms with van der Waals surface area (Å²) < 4.78 is 13.5. The first kappa shape index (κ1) is 17.4. The van der Waals surface area contributed by atoms with Crippen molar-refractivity contribution in [2.24, 2.45) is 11.7 Å². The molecule has 3 nitrogen and oxygen atoms in total. The van der Waals surface area contributed by atoms with Crippen molar-refractivity contribution < 1.29 is 9.18 Å². The summed E-state index contributed by atoms with van der Waals surface area (Å²) in [7, 11) is 0. The minimum Gasteiger partial charge on any atom is -0.353 e. The van der Waals surface area contributed by atoms with E-state index >= 15 is 0 Å². The number of amides is 1. The summed E-state index contributed by atoms with van der Waals surface area (Å²) in [6.07, 6.45) is 3.48. The first-order valence-corrected chi connectivity index (χ1v) is 7.33. The van der Waals surface area contributed by atoms with E-state index in [9.17, 15) is 9.18 Å². The van der Waals surface area contributed by atoms with Gasteiger partial charge in [0, 0.05) is 6.04 Å². The molecule has 0 spiro atoms. The molecular weight excluding hydrogens is 347 g/mol. The first-order valence-electron chi connectivity index (χ1n) is 6.53. The lowest BCUT2D eigenvalue weighted by Crippen LogP contribution is -2.40. The van der Waals surface area contributed by atoms with Crippen LogP contribution in [0.3, 0.4) is 0 Å². The van der Waals surface area contributed by atoms with Gasteiger partial charge >= 0.3 is 0 Å². The molecule has 1 fully saturated rings. The van der Waals surface area contributed by atoms with Gasteiger partial charge < -0.3 is 11.1 Å². The Morgan fingerprint density at radius 1 is 1.45 bits per heavy atom. The highest BCUT2D eigenvalue weighted by Gasteiger charge is 2.27. The quantitative estimate of drug-likeness (QED) is 0.862. The molecule has 3 N–H and O–H groups in total. The van der Waals surface area contributed by atoms with E-state index in [0.29, 0.717) is 16.9 Å². The van der Waals surface area contributed by atoms with Crippen molar-refractivity contribution in [2.75, 3.05) is 6.54 Å². The van der Waals surface area contributed by atoms with Crippen LogP contribution in [0, 0.1) is 11.7 Å². The Balaban J connectivity index is 0.00000200. The second kappa shape index (κ2) is 7.96. The molecule has 1 aromatic carbocycles. The highest BCUT2D eigenvalue weighted by Crippen LogP contribution is 2.24. The Hall–Kier alpha value is -0.650. The zero-order chi connectivity index (χ0) is 13.8. The molecule has 0 aliphatic heterocycles. The minimum atomic E-state index is -0.317. The second-order valence-corrected chi connectivity index (χ2v) is 5.88. The van der Waals surface area contributed by atoms with Crippen molar-refractivity contribution in [2.45, 2.75) is 31.7 Å². The molecule has 112 valence electrons. The molecule has 1 aromatic rings. The van der Waals surface area contributed by atoms with Crippen LogP contribution in [0.4, 0.5) is 4.39 Å². The summed E-state index contributed by atoms with van der Waals surface area (Å²) >= 11 is 3.12. The SMILES string of the molecule is Cl.NCC1CCCC1NC(=O)Cc1ccc(F)c(Br)c1. The number of hydrogen-bond donors (Lipinski definition) is 2. The van der Waals surface area contributed by atoms with Crippen molar-refractivity contribution in [3.63, 3.8) is 0 Å². The highest BCUT2D eigenvalue weighted by molar-refractivity contribution is 9.10. The van der Waals surface area contributed by atoms with E-state index in [1.165, 1.54) is 6.07 Å². The topological polar surface area (TPSA) is 55.1 Å². The average molecular weight is 366 g/mol. The van der Waals surface area contributed by atoms with Crippen molar-refractivity contribution in [3.8, 4) is 0 Å². The normalized spacial score (nSPS) is 21.4. The number of nitrogens with two attached hydrogens (primary N) is 1. The fourth-order valence-electron chi connectivity index (χ4n) is 2.60. The van der Waals surface area contributed by atoms with Crippen LogP contribution in [0.15, 0.2) is 22.7 Å². The molecule has 2 unspecified atom stereocenters. The number of carbonyl (C=O) groups is 1. The summed E-state index contributed by atoms with van der Waals surface area (Å²) in [5.74, 6) is 0.0518. The van der Waals surface area contributed by atoms with Crippen LogP contribution in [-0.2, 0) is 11.2 Å². The Bertz CT molecular complexity index is 472. The van der Waals surface area contributed by atoms with Gasteiger partial charge in [-0.25, -0.2) is 4.39 Å². The number of carbonyl (C=O) groups excluding carboxylic acids is 1. The summed E-state index contributed by atoms with van der Waals surface area (Å²) in [6.45, 7) is 0.618. The van der Waals surface area contributed by atoms with Gasteiger partial charge in [-0.15, -0.1) is 12.4 Å². The fourth-order valence-corrected chi connectivity index (χ4v) is 3.03. The van der Waals surface area contributed by atoms with E-state index in [2.05, 4.69) is 21.2 Å². The molecular formula is C14H19BrClFN2O. The smallest absolute Gasteiger partial charge is 0.224 e. The molecule has 0 bridgehead atoms. The van der Waals surface area contributed by atoms with Crippen LogP contribution in [0.25, 0.3) is 0 Å². The lowest BCUT2D eigenvalue weighted by atomic mass is 10.0. The molecule has 0 radical (unpaired) electrons. The number of nitrogens with one attached hydrogen (secondary N) is 1. The lowest BCUT2D eigenvalue weighted by Gasteiger charge is -2.19. The van der Waals surface area contributed by atoms with E-state index in [0.717, 1.165) is 24.8 Å². The Labute approximate surface area is 133 Å². The molecule has 1 saturated carbocycles. The van der Waals surface area contributed by atoms with Crippen LogP contribution in [0.5, 0.6) is 0 Å². The molecule has 0 saturated heterocycles. The molecule has 1 aliphatic carbocycles. The van der Waals surface area contributed by atoms with Crippen LogP contribution < -0.4 is 11.1 Å². The van der Waals surface area contributed by atoms with Gasteiger partial charge in [-0.2, -0.15) is 0 Å². The molecule has 20 heavy (non-hydrogen) atoms. The molecule has 0 heterocycles. The van der Waals surface area contributed by atoms with Crippen LogP contribution in [0.2, 0.25) is 0 Å². The number of halogens is 3. The molecule has 2 rings (SSSR count). The minimum absolute atomic E-state index is 0. The number of benzene rings is 1. The summed E-state index contributed by atoms with van der Waals surface area (Å²) in [6, 6.07) is 4.84. The van der Waals surface area contributed by atoms with Crippen molar-refractivity contribution >= 4 is 34.2 Å². The maximum absolute atomic E-state index is 13.1. The summed E-state index contributed by atoms with van der Waals surface area (Å²) in [5.41, 5.74) is 6.49. The maximum atomic E-state index is 13.1. The largest absolute Gasteiger partial charge is 0.353 e. The third kappa shape index (κ3) is 4.43. The second-order valence-electron chi connectivity index (χ2n) is 5.03. The van der Waals surface area contributed by atoms with Crippen molar-refractivity contribution in [3.05, 3.63) is 34.1 Å². The average Bonchev–Trinajstić information content (AvgIpc) is 2.81. The van der Waals surface area contributed by atoms with E-state index in [4.69, 9.17) is 5.73 Å². The van der Waals surface area contributed by atoms with Gasteiger partial charge in [-0.05, 0) is 58.9 Å². The highest BCUT2D eigenvalue weighted by atomic mass is 79.9. The third-order valence-corrected chi connectivity index (χ3v) is 4.26. The Morgan fingerprint density at radius 2 is 2.20 bits per heavy atom. The molecule has 1 amide bonds. The molecule has 0 aromatic heterocycles. The lowest BCUT2D eigenvalue weighted by molar-refractivity contribution is -0.121. The van der Waals surface area contributed by atoms with Gasteiger partial charge in [-0.3, -0.25) is 4.79 Å². The van der Waals surface area contributed by atoms with Crippen LogP contribution in [0.1, 0.15) is 24.8 Å². The standard InChI is InChI=1S/C14H18BrFN2O.ClH/c15-11-6-9(4-5-12(11)16)7-14(19)18-13-3-1-2-10(13)8-17;/h4-6,10,13H,1-3,7-8,17H2,(H,18,19);1H. The third-order valence-electron chi connectivity index (χ3n) is 3.66. The Kier molecular flexibility index (Phi) is 6.92. The molecule has 1 aliphatic rings. The number of hydrogen-bond acceptors (Lipinski definition) is 2. The first-order chi connectivity index (χ1) is 9.10. The predicted octanol–water partition coefficient (Wildman–Crippen LogP) is 2.80.